The van der Waals surface area contributed by atoms with E-state index in [4.69, 9.17) is 5.26 Å². The molecule has 13 heavy (non-hydrogen) atoms. The lowest BCUT2D eigenvalue weighted by atomic mass is 10.3. The molecule has 1 N–H and O–H groups in total. The van der Waals surface area contributed by atoms with E-state index in [1.807, 2.05) is 0 Å². The average Bonchev–Trinajstić information content (AvgIpc) is 2.76. The number of hydrogen-bond acceptors (Lipinski definition) is 4. The van der Waals surface area contributed by atoms with Gasteiger partial charge in [0.15, 0.2) is 0 Å². The number of H-pyrrole nitrogens is 1. The molecular weight excluding hydrogens is 202 g/mol. The van der Waals surface area contributed by atoms with E-state index in [1.165, 1.54) is 0 Å². The van der Waals surface area contributed by atoms with Crippen LogP contribution in [0.5, 0.6) is 0 Å². The van der Waals surface area contributed by atoms with E-state index in [-0.39, 0.29) is 0 Å². The second-order valence-corrected chi connectivity index (χ2v) is 4.88. The van der Waals surface area contributed by atoms with Crippen molar-refractivity contribution in [3.63, 3.8) is 0 Å². The molecule has 0 bridgehead atoms. The van der Waals surface area contributed by atoms with Crippen LogP contribution in [0.3, 0.4) is 0 Å². The van der Waals surface area contributed by atoms with Gasteiger partial charge in [-0.3, -0.25) is 0 Å². The zero-order chi connectivity index (χ0) is 9.10. The Bertz CT molecular complexity index is 353. The van der Waals surface area contributed by atoms with Crippen LogP contribution >= 0.6 is 23.5 Å². The predicted octanol–water partition coefficient (Wildman–Crippen LogP) is 2.08. The molecule has 1 aliphatic heterocycles. The maximum atomic E-state index is 8.96. The van der Waals surface area contributed by atoms with Gasteiger partial charge in [0, 0.05) is 23.9 Å². The number of aromatic nitrogens is 2. The van der Waals surface area contributed by atoms with E-state index in [0.717, 1.165) is 15.7 Å². The molecule has 0 aromatic carbocycles. The van der Waals surface area contributed by atoms with Crippen LogP contribution in [-0.2, 0) is 0 Å². The number of aromatic amines is 1. The fourth-order valence-electron chi connectivity index (χ4n) is 1.05. The summed E-state index contributed by atoms with van der Waals surface area (Å²) >= 11 is 3.47. The molecule has 0 spiro atoms. The highest BCUT2D eigenvalue weighted by atomic mass is 32.2. The van der Waals surface area contributed by atoms with Gasteiger partial charge in [0.25, 0.3) is 0 Å². The van der Waals surface area contributed by atoms with Crippen LogP contribution in [-0.4, -0.2) is 21.5 Å². The van der Waals surface area contributed by atoms with Gasteiger partial charge in [-0.15, -0.1) is 23.5 Å². The first-order chi connectivity index (χ1) is 6.42. The summed E-state index contributed by atoms with van der Waals surface area (Å²) in [7, 11) is 0. The second-order valence-electron chi connectivity index (χ2n) is 2.41. The normalized spacial score (nSPS) is 15.8. The molecule has 1 aromatic heterocycles. The molecule has 1 aromatic rings. The molecule has 2 heterocycles. The first-order valence-corrected chi connectivity index (χ1v) is 5.78. The highest BCUT2D eigenvalue weighted by molar-refractivity contribution is 8.25. The quantitative estimate of drug-likeness (QED) is 0.719. The van der Waals surface area contributed by atoms with Crippen molar-refractivity contribution in [2.24, 2.45) is 0 Å². The fraction of sp³-hybridized carbons (Fsp3) is 0.250. The highest BCUT2D eigenvalue weighted by Gasteiger charge is 2.16. The van der Waals surface area contributed by atoms with Gasteiger partial charge in [0.05, 0.1) is 4.24 Å². The Labute approximate surface area is 84.6 Å². The van der Waals surface area contributed by atoms with E-state index in [9.17, 15) is 0 Å². The van der Waals surface area contributed by atoms with Gasteiger partial charge < -0.3 is 4.98 Å². The minimum Gasteiger partial charge on any atom is -0.344 e. The molecule has 0 amide bonds. The number of hydrogen-bond donors (Lipinski definition) is 1. The number of rotatable bonds is 1. The van der Waals surface area contributed by atoms with Crippen LogP contribution in [0.25, 0.3) is 5.57 Å². The monoisotopic (exact) mass is 209 g/mol. The fourth-order valence-corrected chi connectivity index (χ4v) is 3.50. The molecule has 1 aliphatic rings. The van der Waals surface area contributed by atoms with Gasteiger partial charge in [-0.2, -0.15) is 5.26 Å². The van der Waals surface area contributed by atoms with Crippen LogP contribution in [0, 0.1) is 11.3 Å². The van der Waals surface area contributed by atoms with Crippen molar-refractivity contribution in [3.05, 3.63) is 22.5 Å². The Morgan fingerprint density at radius 1 is 1.54 bits per heavy atom. The average molecular weight is 209 g/mol. The molecule has 0 aliphatic carbocycles. The summed E-state index contributed by atoms with van der Waals surface area (Å²) in [6, 6.07) is 2.19. The van der Waals surface area contributed by atoms with Crippen LogP contribution in [0.15, 0.2) is 16.6 Å². The molecule has 5 heteroatoms. The number of allylic oxidation sites excluding steroid dienone is 1. The van der Waals surface area contributed by atoms with Crippen molar-refractivity contribution in [2.45, 2.75) is 0 Å². The number of nitrogens with one attached hydrogen (secondary N) is 1. The molecular formula is C8H7N3S2. The molecule has 0 radical (unpaired) electrons. The lowest BCUT2D eigenvalue weighted by Gasteiger charge is -1.97. The van der Waals surface area contributed by atoms with Gasteiger partial charge in [0.2, 0.25) is 0 Å². The Kier molecular flexibility index (Phi) is 2.62. The van der Waals surface area contributed by atoms with Crippen molar-refractivity contribution in [1.82, 2.24) is 9.97 Å². The molecule has 0 unspecified atom stereocenters. The zero-order valence-electron chi connectivity index (χ0n) is 6.78. The van der Waals surface area contributed by atoms with Crippen LogP contribution in [0.4, 0.5) is 0 Å². The van der Waals surface area contributed by atoms with E-state index >= 15 is 0 Å². The third-order valence-electron chi connectivity index (χ3n) is 1.60. The number of thioether (sulfide) groups is 2. The van der Waals surface area contributed by atoms with E-state index in [0.29, 0.717) is 11.4 Å². The van der Waals surface area contributed by atoms with Gasteiger partial charge in [-0.25, -0.2) is 4.98 Å². The molecule has 1 saturated heterocycles. The van der Waals surface area contributed by atoms with E-state index in [1.54, 1.807) is 35.9 Å². The highest BCUT2D eigenvalue weighted by Crippen LogP contribution is 2.40. The van der Waals surface area contributed by atoms with Crippen molar-refractivity contribution < 1.29 is 0 Å². The molecule has 2 rings (SSSR count). The number of nitrogens with zero attached hydrogens (tertiary/aromatic N) is 2. The summed E-state index contributed by atoms with van der Waals surface area (Å²) in [6.45, 7) is 0. The van der Waals surface area contributed by atoms with Crippen molar-refractivity contribution >= 4 is 29.1 Å². The summed E-state index contributed by atoms with van der Waals surface area (Å²) in [5, 5.41) is 8.96. The maximum absolute atomic E-state index is 8.96. The summed E-state index contributed by atoms with van der Waals surface area (Å²) in [6.07, 6.45) is 3.40. The van der Waals surface area contributed by atoms with E-state index < -0.39 is 0 Å². The molecule has 3 nitrogen and oxygen atoms in total. The SMILES string of the molecule is N#CC(=C1SCCS1)c1ncc[nH]1. The lowest BCUT2D eigenvalue weighted by molar-refractivity contribution is 1.25. The topological polar surface area (TPSA) is 52.5 Å². The third kappa shape index (κ3) is 1.74. The summed E-state index contributed by atoms with van der Waals surface area (Å²) < 4.78 is 1.09. The Morgan fingerprint density at radius 2 is 2.31 bits per heavy atom. The Hall–Kier alpha value is -0.860. The first kappa shape index (κ1) is 8.73. The van der Waals surface area contributed by atoms with Gasteiger partial charge in [-0.1, -0.05) is 0 Å². The van der Waals surface area contributed by atoms with Crippen LogP contribution in [0.2, 0.25) is 0 Å². The maximum Gasteiger partial charge on any atom is 0.149 e. The van der Waals surface area contributed by atoms with Crippen molar-refractivity contribution in [1.29, 1.82) is 5.26 Å². The third-order valence-corrected chi connectivity index (χ3v) is 4.32. The molecule has 0 saturated carbocycles. The minimum atomic E-state index is 0.678. The first-order valence-electron chi connectivity index (χ1n) is 3.81. The standard InChI is InChI=1S/C8H7N3S2/c9-5-6(7-10-1-2-11-7)8-12-3-4-13-8/h1-2H,3-4H2,(H,10,11). The van der Waals surface area contributed by atoms with E-state index in [2.05, 4.69) is 16.0 Å². The van der Waals surface area contributed by atoms with Crippen LogP contribution in [0.1, 0.15) is 5.82 Å². The van der Waals surface area contributed by atoms with Crippen LogP contribution < -0.4 is 0 Å². The summed E-state index contributed by atoms with van der Waals surface area (Å²) in [4.78, 5) is 7.02. The predicted molar refractivity (Wildman–Crippen MR) is 56.0 cm³/mol. The number of nitriles is 1. The largest absolute Gasteiger partial charge is 0.344 e. The second kappa shape index (κ2) is 3.90. The van der Waals surface area contributed by atoms with Crippen molar-refractivity contribution in [3.8, 4) is 6.07 Å². The van der Waals surface area contributed by atoms with Gasteiger partial charge >= 0.3 is 0 Å². The van der Waals surface area contributed by atoms with Gasteiger partial charge in [0.1, 0.15) is 17.5 Å². The lowest BCUT2D eigenvalue weighted by Crippen LogP contribution is -1.85. The molecule has 0 atom stereocenters. The molecule has 66 valence electrons. The minimum absolute atomic E-state index is 0.678. The Balaban J connectivity index is 2.39. The van der Waals surface area contributed by atoms with Gasteiger partial charge in [-0.05, 0) is 0 Å². The number of imidazole rings is 1. The molecule has 1 fully saturated rings. The Morgan fingerprint density at radius 3 is 2.85 bits per heavy atom. The summed E-state index contributed by atoms with van der Waals surface area (Å²) in [5.41, 5.74) is 0.678. The zero-order valence-corrected chi connectivity index (χ0v) is 8.41. The summed E-state index contributed by atoms with van der Waals surface area (Å²) in [5.74, 6) is 2.86. The smallest absolute Gasteiger partial charge is 0.149 e. The van der Waals surface area contributed by atoms with Crippen molar-refractivity contribution in [2.75, 3.05) is 11.5 Å².